The van der Waals surface area contributed by atoms with Crippen molar-refractivity contribution in [1.29, 1.82) is 0 Å². The molecule has 0 saturated carbocycles. The molecule has 0 aliphatic carbocycles. The highest BCUT2D eigenvalue weighted by atomic mass is 35.5. The Morgan fingerprint density at radius 1 is 1.27 bits per heavy atom. The Labute approximate surface area is 155 Å². The van der Waals surface area contributed by atoms with Gasteiger partial charge in [0.2, 0.25) is 5.91 Å². The van der Waals surface area contributed by atoms with Crippen LogP contribution >= 0.6 is 11.6 Å². The zero-order valence-corrected chi connectivity index (χ0v) is 14.9. The van der Waals surface area contributed by atoms with Gasteiger partial charge >= 0.3 is 0 Å². The number of hydrogen-bond donors (Lipinski definition) is 1. The molecule has 1 aliphatic rings. The molecule has 5 nitrogen and oxygen atoms in total. The largest absolute Gasteiger partial charge is 0.495 e. The van der Waals surface area contributed by atoms with Crippen molar-refractivity contribution in [3.05, 3.63) is 58.9 Å². The maximum Gasteiger partial charge on any atom is 0.252 e. The Morgan fingerprint density at radius 3 is 2.73 bits per heavy atom. The first-order valence-corrected chi connectivity index (χ1v) is 8.55. The zero-order valence-electron chi connectivity index (χ0n) is 14.2. The molecule has 0 aromatic heterocycles. The van der Waals surface area contributed by atoms with Gasteiger partial charge in [0.05, 0.1) is 18.6 Å². The minimum atomic E-state index is -0.660. The molecule has 2 aromatic carbocycles. The topological polar surface area (TPSA) is 58.6 Å². The molecular weight excluding hydrogens is 359 g/mol. The fourth-order valence-electron chi connectivity index (χ4n) is 2.92. The average Bonchev–Trinajstić information content (AvgIpc) is 2.88. The number of rotatable bonds is 6. The summed E-state index contributed by atoms with van der Waals surface area (Å²) in [7, 11) is 1.51. The number of halogens is 2. The third-order valence-electron chi connectivity index (χ3n) is 4.30. The molecule has 2 amide bonds. The Balaban J connectivity index is 1.65. The van der Waals surface area contributed by atoms with Crippen molar-refractivity contribution in [3.8, 4) is 5.75 Å². The van der Waals surface area contributed by atoms with Gasteiger partial charge < -0.3 is 10.1 Å². The number of amides is 2. The Bertz CT molecular complexity index is 843. The first-order chi connectivity index (χ1) is 12.5. The number of nitrogens with one attached hydrogen (secondary N) is 1. The third kappa shape index (κ3) is 3.80. The number of carbonyl (C=O) groups excluding carboxylic acids is 2. The van der Waals surface area contributed by atoms with E-state index in [-0.39, 0.29) is 37.0 Å². The minimum Gasteiger partial charge on any atom is -0.495 e. The molecule has 3 rings (SSSR count). The predicted octanol–water partition coefficient (Wildman–Crippen LogP) is 3.27. The van der Waals surface area contributed by atoms with Gasteiger partial charge in [-0.1, -0.05) is 29.8 Å². The summed E-state index contributed by atoms with van der Waals surface area (Å²) < 4.78 is 18.8. The van der Waals surface area contributed by atoms with Gasteiger partial charge in [-0.25, -0.2) is 4.39 Å². The summed E-state index contributed by atoms with van der Waals surface area (Å²) in [5.74, 6) is -0.409. The maximum atomic E-state index is 13.7. The lowest BCUT2D eigenvalue weighted by Gasteiger charge is -2.16. The first kappa shape index (κ1) is 18.2. The third-order valence-corrected chi connectivity index (χ3v) is 4.59. The van der Waals surface area contributed by atoms with Crippen LogP contribution in [0.5, 0.6) is 5.75 Å². The van der Waals surface area contributed by atoms with Gasteiger partial charge in [-0.15, -0.1) is 0 Å². The fourth-order valence-corrected chi connectivity index (χ4v) is 3.18. The van der Waals surface area contributed by atoms with Crippen LogP contribution in [0.2, 0.25) is 5.02 Å². The number of hydrogen-bond acceptors (Lipinski definition) is 4. The van der Waals surface area contributed by atoms with Crippen LogP contribution in [0.25, 0.3) is 0 Å². The van der Waals surface area contributed by atoms with E-state index in [1.165, 1.54) is 18.1 Å². The highest BCUT2D eigenvalue weighted by molar-refractivity contribution is 6.32. The van der Waals surface area contributed by atoms with Gasteiger partial charge in [0.1, 0.15) is 17.6 Å². The number of anilines is 1. The van der Waals surface area contributed by atoms with E-state index in [2.05, 4.69) is 5.32 Å². The van der Waals surface area contributed by atoms with E-state index in [4.69, 9.17) is 16.3 Å². The van der Waals surface area contributed by atoms with Gasteiger partial charge in [-0.2, -0.15) is 0 Å². The van der Waals surface area contributed by atoms with Crippen LogP contribution in [-0.4, -0.2) is 36.4 Å². The molecule has 1 heterocycles. The van der Waals surface area contributed by atoms with Crippen molar-refractivity contribution < 1.29 is 18.7 Å². The summed E-state index contributed by atoms with van der Waals surface area (Å²) in [5, 5.41) is 3.43. The van der Waals surface area contributed by atoms with Crippen LogP contribution in [-0.2, 0) is 16.0 Å². The van der Waals surface area contributed by atoms with Gasteiger partial charge in [-0.05, 0) is 36.2 Å². The summed E-state index contributed by atoms with van der Waals surface area (Å²) in [6.45, 7) is 0.153. The normalized spacial score (nSPS) is 16.9. The van der Waals surface area contributed by atoms with E-state index in [9.17, 15) is 14.0 Å². The number of benzene rings is 2. The molecule has 1 aliphatic heterocycles. The van der Waals surface area contributed by atoms with Crippen LogP contribution in [0.1, 0.15) is 12.0 Å². The molecule has 1 N–H and O–H groups in total. The van der Waals surface area contributed by atoms with E-state index in [1.807, 2.05) is 0 Å². The van der Waals surface area contributed by atoms with Crippen molar-refractivity contribution in [2.45, 2.75) is 18.9 Å². The molecule has 0 radical (unpaired) electrons. The first-order valence-electron chi connectivity index (χ1n) is 8.17. The number of likely N-dealkylation sites (tertiary alicyclic amines) is 1. The number of methoxy groups -OCH3 is 1. The summed E-state index contributed by atoms with van der Waals surface area (Å²) >= 11 is 6.08. The second-order valence-electron chi connectivity index (χ2n) is 5.98. The fraction of sp³-hybridized carbons (Fsp3) is 0.263. The van der Waals surface area contributed by atoms with Gasteiger partial charge in [0, 0.05) is 12.2 Å². The molecule has 0 spiro atoms. The Kier molecular flexibility index (Phi) is 5.42. The molecule has 1 fully saturated rings. The molecular formula is C19H18ClFN2O3. The second kappa shape index (κ2) is 7.74. The van der Waals surface area contributed by atoms with Crippen molar-refractivity contribution in [3.63, 3.8) is 0 Å². The smallest absolute Gasteiger partial charge is 0.252 e. The summed E-state index contributed by atoms with van der Waals surface area (Å²) in [5.41, 5.74) is 1.10. The monoisotopic (exact) mass is 376 g/mol. The molecule has 0 unspecified atom stereocenters. The quantitative estimate of drug-likeness (QED) is 0.786. The highest BCUT2D eigenvalue weighted by Crippen LogP contribution is 2.28. The van der Waals surface area contributed by atoms with E-state index in [1.54, 1.807) is 36.4 Å². The van der Waals surface area contributed by atoms with E-state index < -0.39 is 6.04 Å². The highest BCUT2D eigenvalue weighted by Gasteiger charge is 2.38. The summed E-state index contributed by atoms with van der Waals surface area (Å²) in [6.07, 6.45) is 0.338. The SMILES string of the molecule is COc1ccc(N[C@H]2CC(=O)N(CCc3ccccc3F)C2=O)cc1Cl. The lowest BCUT2D eigenvalue weighted by atomic mass is 10.1. The van der Waals surface area contributed by atoms with Crippen molar-refractivity contribution >= 4 is 29.1 Å². The van der Waals surface area contributed by atoms with Crippen molar-refractivity contribution in [2.24, 2.45) is 0 Å². The second-order valence-corrected chi connectivity index (χ2v) is 6.38. The molecule has 26 heavy (non-hydrogen) atoms. The van der Waals surface area contributed by atoms with Gasteiger partial charge in [0.15, 0.2) is 0 Å². The van der Waals surface area contributed by atoms with Crippen LogP contribution in [0.3, 0.4) is 0 Å². The number of ether oxygens (including phenoxy) is 1. The van der Waals surface area contributed by atoms with E-state index in [0.717, 1.165) is 0 Å². The van der Waals surface area contributed by atoms with Crippen molar-refractivity contribution in [1.82, 2.24) is 4.90 Å². The molecule has 136 valence electrons. The summed E-state index contributed by atoms with van der Waals surface area (Å²) in [4.78, 5) is 25.9. The number of carbonyl (C=O) groups is 2. The van der Waals surface area contributed by atoms with Crippen LogP contribution in [0, 0.1) is 5.82 Å². The van der Waals surface area contributed by atoms with Crippen LogP contribution in [0.15, 0.2) is 42.5 Å². The number of imide groups is 1. The Hall–Kier alpha value is -2.60. The van der Waals surface area contributed by atoms with E-state index in [0.29, 0.717) is 22.0 Å². The van der Waals surface area contributed by atoms with Crippen LogP contribution in [0.4, 0.5) is 10.1 Å². The van der Waals surface area contributed by atoms with Crippen LogP contribution < -0.4 is 10.1 Å². The molecule has 7 heteroatoms. The molecule has 0 bridgehead atoms. The molecule has 1 atom stereocenters. The Morgan fingerprint density at radius 2 is 2.04 bits per heavy atom. The average molecular weight is 377 g/mol. The number of nitrogens with zero attached hydrogens (tertiary/aromatic N) is 1. The zero-order chi connectivity index (χ0) is 18.7. The lowest BCUT2D eigenvalue weighted by molar-refractivity contribution is -0.138. The minimum absolute atomic E-state index is 0.0553. The standard InChI is InChI=1S/C19H18ClFN2O3/c1-26-17-7-6-13(10-14(17)20)22-16-11-18(24)23(19(16)25)9-8-12-4-2-3-5-15(12)21/h2-7,10,16,22H,8-9,11H2,1H3/t16-/m0/s1. The van der Waals surface area contributed by atoms with Crippen molar-refractivity contribution in [2.75, 3.05) is 19.0 Å². The summed E-state index contributed by atoms with van der Waals surface area (Å²) in [6, 6.07) is 10.7. The van der Waals surface area contributed by atoms with Gasteiger partial charge in [0.25, 0.3) is 5.91 Å². The van der Waals surface area contributed by atoms with E-state index >= 15 is 0 Å². The molecule has 1 saturated heterocycles. The maximum absolute atomic E-state index is 13.7. The predicted molar refractivity (Wildman–Crippen MR) is 96.9 cm³/mol. The molecule has 2 aromatic rings. The van der Waals surface area contributed by atoms with Gasteiger partial charge in [-0.3, -0.25) is 14.5 Å². The lowest BCUT2D eigenvalue weighted by Crippen LogP contribution is -2.36.